The van der Waals surface area contributed by atoms with Crippen LogP contribution in [0.4, 0.5) is 4.79 Å². The Bertz CT molecular complexity index is 403. The molecule has 0 aromatic heterocycles. The average molecular weight is 278 g/mol. The molecule has 0 aliphatic heterocycles. The molecule has 0 radical (unpaired) electrons. The van der Waals surface area contributed by atoms with Crippen LogP contribution in [-0.4, -0.2) is 37.7 Å². The Morgan fingerprint density at radius 2 is 1.95 bits per heavy atom. The Labute approximate surface area is 122 Å². The van der Waals surface area contributed by atoms with E-state index in [1.165, 1.54) is 18.2 Å². The first-order valence-electron chi connectivity index (χ1n) is 7.27. The third kappa shape index (κ3) is 4.85. The molecule has 112 valence electrons. The number of nitrogens with one attached hydrogen (secondary N) is 1. The first kappa shape index (κ1) is 16.5. The molecule has 0 heterocycles. The topological polar surface area (TPSA) is 41.6 Å². The molecule has 4 heteroatoms. The summed E-state index contributed by atoms with van der Waals surface area (Å²) in [5.41, 5.74) is 2.67. The molecule has 1 unspecified atom stereocenters. The number of nitrogens with zero attached hydrogens (tertiary/aromatic N) is 1. The third-order valence-electron chi connectivity index (χ3n) is 3.68. The summed E-state index contributed by atoms with van der Waals surface area (Å²) in [6, 6.07) is 9.10. The van der Waals surface area contributed by atoms with Gasteiger partial charge in [-0.2, -0.15) is 0 Å². The van der Waals surface area contributed by atoms with Gasteiger partial charge in [0.05, 0.1) is 7.11 Å². The number of likely N-dealkylation sites (N-methyl/N-ethyl adjacent to an activating group) is 1. The van der Waals surface area contributed by atoms with Crippen molar-refractivity contribution in [1.82, 2.24) is 10.2 Å². The van der Waals surface area contributed by atoms with Crippen molar-refractivity contribution >= 4 is 6.09 Å². The van der Waals surface area contributed by atoms with Crippen LogP contribution in [0.2, 0.25) is 0 Å². The summed E-state index contributed by atoms with van der Waals surface area (Å²) in [5.74, 6) is 0. The van der Waals surface area contributed by atoms with Crippen molar-refractivity contribution in [2.45, 2.75) is 33.2 Å². The quantitative estimate of drug-likeness (QED) is 0.833. The van der Waals surface area contributed by atoms with E-state index < -0.39 is 0 Å². The minimum Gasteiger partial charge on any atom is -0.453 e. The van der Waals surface area contributed by atoms with Crippen molar-refractivity contribution in [3.8, 4) is 0 Å². The van der Waals surface area contributed by atoms with Crippen molar-refractivity contribution < 1.29 is 9.53 Å². The lowest BCUT2D eigenvalue weighted by molar-refractivity contribution is 0.165. The summed E-state index contributed by atoms with van der Waals surface area (Å²) >= 11 is 0. The molecular weight excluding hydrogens is 252 g/mol. The summed E-state index contributed by atoms with van der Waals surface area (Å²) in [6.07, 6.45) is 0.691. The highest BCUT2D eigenvalue weighted by Crippen LogP contribution is 2.20. The number of rotatable bonds is 7. The maximum Gasteiger partial charge on any atom is 0.406 e. The van der Waals surface area contributed by atoms with Crippen LogP contribution in [0.25, 0.3) is 0 Å². The fourth-order valence-corrected chi connectivity index (χ4v) is 2.24. The number of alkyl carbamates (subject to hydrolysis) is 1. The van der Waals surface area contributed by atoms with Gasteiger partial charge in [-0.1, -0.05) is 38.1 Å². The number of carbonyl (C=O) groups excluding carboxylic acids is 1. The third-order valence-corrected chi connectivity index (χ3v) is 3.68. The molecule has 1 N–H and O–H groups in total. The van der Waals surface area contributed by atoms with Crippen LogP contribution in [0.1, 0.15) is 37.9 Å². The molecule has 1 atom stereocenters. The van der Waals surface area contributed by atoms with E-state index in [0.29, 0.717) is 12.6 Å². The summed E-state index contributed by atoms with van der Waals surface area (Å²) in [6.45, 7) is 8.84. The van der Waals surface area contributed by atoms with Gasteiger partial charge in [0, 0.05) is 19.1 Å². The van der Waals surface area contributed by atoms with E-state index in [2.05, 4.69) is 60.0 Å². The number of methoxy groups -OCH3 is 1. The second kappa shape index (κ2) is 8.59. The number of hydrogen-bond acceptors (Lipinski definition) is 3. The molecular formula is C16H26N2O2. The van der Waals surface area contributed by atoms with Gasteiger partial charge >= 0.3 is 6.09 Å². The molecule has 0 aliphatic rings. The largest absolute Gasteiger partial charge is 0.453 e. The van der Waals surface area contributed by atoms with Gasteiger partial charge in [-0.25, -0.2) is 4.79 Å². The van der Waals surface area contributed by atoms with Gasteiger partial charge in [0.2, 0.25) is 0 Å². The van der Waals surface area contributed by atoms with E-state index in [9.17, 15) is 4.79 Å². The highest BCUT2D eigenvalue weighted by atomic mass is 16.5. The highest BCUT2D eigenvalue weighted by Gasteiger charge is 2.14. The molecule has 1 aromatic carbocycles. The molecule has 20 heavy (non-hydrogen) atoms. The van der Waals surface area contributed by atoms with Gasteiger partial charge in [-0.15, -0.1) is 0 Å². The fraction of sp³-hybridized carbons (Fsp3) is 0.562. The van der Waals surface area contributed by atoms with E-state index in [1.54, 1.807) is 0 Å². The first-order valence-corrected chi connectivity index (χ1v) is 7.27. The minimum absolute atomic E-state index is 0.338. The molecule has 1 amide bonds. The number of carbonyl (C=O) groups is 1. The monoisotopic (exact) mass is 278 g/mol. The summed E-state index contributed by atoms with van der Waals surface area (Å²) in [7, 11) is 1.38. The smallest absolute Gasteiger partial charge is 0.406 e. The van der Waals surface area contributed by atoms with Gasteiger partial charge in [-0.3, -0.25) is 4.90 Å². The Hall–Kier alpha value is -1.55. The van der Waals surface area contributed by atoms with Crippen LogP contribution < -0.4 is 5.32 Å². The van der Waals surface area contributed by atoms with Crippen molar-refractivity contribution in [3.63, 3.8) is 0 Å². The molecule has 0 saturated carbocycles. The van der Waals surface area contributed by atoms with Crippen molar-refractivity contribution in [2.75, 3.05) is 26.7 Å². The first-order chi connectivity index (χ1) is 9.62. The number of aryl methyl sites for hydroxylation is 1. The zero-order valence-corrected chi connectivity index (χ0v) is 13.0. The van der Waals surface area contributed by atoms with Crippen LogP contribution in [0, 0.1) is 0 Å². The Morgan fingerprint density at radius 1 is 1.30 bits per heavy atom. The molecule has 0 aliphatic carbocycles. The van der Waals surface area contributed by atoms with E-state index in [4.69, 9.17) is 0 Å². The second-order valence-corrected chi connectivity index (χ2v) is 4.82. The lowest BCUT2D eigenvalue weighted by atomic mass is 10.0. The zero-order chi connectivity index (χ0) is 15.0. The molecule has 1 rings (SSSR count). The average Bonchev–Trinajstić information content (AvgIpc) is 2.50. The van der Waals surface area contributed by atoms with Crippen molar-refractivity contribution in [2.24, 2.45) is 0 Å². The molecule has 0 spiro atoms. The van der Waals surface area contributed by atoms with E-state index in [-0.39, 0.29) is 6.09 Å². The standard InChI is InChI=1S/C16H26N2O2/c1-5-14-7-9-15(10-8-14)13(3)18(6-2)12-11-17-16(19)20-4/h7-10,13H,5-6,11-12H2,1-4H3,(H,17,19). The Balaban J connectivity index is 2.56. The molecule has 0 bridgehead atoms. The number of amides is 1. The summed E-state index contributed by atoms with van der Waals surface area (Å²) in [5, 5.41) is 2.72. The van der Waals surface area contributed by atoms with E-state index >= 15 is 0 Å². The second-order valence-electron chi connectivity index (χ2n) is 4.82. The van der Waals surface area contributed by atoms with Crippen molar-refractivity contribution in [1.29, 1.82) is 0 Å². The Morgan fingerprint density at radius 3 is 2.45 bits per heavy atom. The van der Waals surface area contributed by atoms with Gasteiger partial charge in [0.1, 0.15) is 0 Å². The van der Waals surface area contributed by atoms with E-state index in [1.807, 2.05) is 0 Å². The number of ether oxygens (including phenoxy) is 1. The van der Waals surface area contributed by atoms with E-state index in [0.717, 1.165) is 19.5 Å². The maximum absolute atomic E-state index is 11.0. The van der Waals surface area contributed by atoms with Crippen LogP contribution in [-0.2, 0) is 11.2 Å². The van der Waals surface area contributed by atoms with Gasteiger partial charge in [-0.05, 0) is 31.0 Å². The predicted molar refractivity (Wildman–Crippen MR) is 81.9 cm³/mol. The predicted octanol–water partition coefficient (Wildman–Crippen LogP) is 2.99. The fourth-order valence-electron chi connectivity index (χ4n) is 2.24. The van der Waals surface area contributed by atoms with Crippen molar-refractivity contribution in [3.05, 3.63) is 35.4 Å². The maximum atomic E-state index is 11.0. The SMILES string of the molecule is CCc1ccc(C(C)N(CC)CCNC(=O)OC)cc1. The summed E-state index contributed by atoms with van der Waals surface area (Å²) < 4.78 is 4.57. The lowest BCUT2D eigenvalue weighted by Gasteiger charge is -2.28. The normalized spacial score (nSPS) is 12.2. The van der Waals surface area contributed by atoms with Gasteiger partial charge in [0.25, 0.3) is 0 Å². The minimum atomic E-state index is -0.374. The zero-order valence-electron chi connectivity index (χ0n) is 13.0. The lowest BCUT2D eigenvalue weighted by Crippen LogP contribution is -2.36. The number of benzene rings is 1. The van der Waals surface area contributed by atoms with Crippen LogP contribution in [0.3, 0.4) is 0 Å². The Kier molecular flexibility index (Phi) is 7.09. The number of hydrogen-bond donors (Lipinski definition) is 1. The van der Waals surface area contributed by atoms with Gasteiger partial charge in [0.15, 0.2) is 0 Å². The molecule has 4 nitrogen and oxygen atoms in total. The van der Waals surface area contributed by atoms with Gasteiger partial charge < -0.3 is 10.1 Å². The molecule has 1 aromatic rings. The van der Waals surface area contributed by atoms with Crippen LogP contribution in [0.15, 0.2) is 24.3 Å². The molecule has 0 saturated heterocycles. The highest BCUT2D eigenvalue weighted by molar-refractivity contribution is 5.66. The van der Waals surface area contributed by atoms with Crippen LogP contribution in [0.5, 0.6) is 0 Å². The van der Waals surface area contributed by atoms with Crippen LogP contribution >= 0.6 is 0 Å². The molecule has 0 fully saturated rings. The summed E-state index contributed by atoms with van der Waals surface area (Å²) in [4.78, 5) is 13.4.